The number of amides is 1. The van der Waals surface area contributed by atoms with Crippen molar-refractivity contribution >= 4 is 17.5 Å². The molecular weight excluding hydrogens is 409 g/mol. The topological polar surface area (TPSA) is 73.2 Å². The molecule has 3 aromatic rings. The van der Waals surface area contributed by atoms with Gasteiger partial charge in [0.15, 0.2) is 0 Å². The summed E-state index contributed by atoms with van der Waals surface area (Å²) in [5.74, 6) is -0.154. The molecule has 0 atom stereocenters. The summed E-state index contributed by atoms with van der Waals surface area (Å²) in [5, 5.41) is 2.86. The number of rotatable bonds is 8. The first kappa shape index (κ1) is 21.5. The molecule has 0 radical (unpaired) electrons. The number of nitrogens with one attached hydrogen (secondary N) is 1. The molecule has 1 heterocycles. The van der Waals surface area contributed by atoms with Crippen molar-refractivity contribution in [3.05, 3.63) is 81.6 Å². The van der Waals surface area contributed by atoms with E-state index in [1.54, 1.807) is 0 Å². The van der Waals surface area contributed by atoms with E-state index in [1.165, 1.54) is 35.2 Å². The molecule has 8 heteroatoms. The van der Waals surface area contributed by atoms with E-state index in [4.69, 9.17) is 16.3 Å². The summed E-state index contributed by atoms with van der Waals surface area (Å²) < 4.78 is 20.6. The second-order valence-electron chi connectivity index (χ2n) is 6.49. The highest BCUT2D eigenvalue weighted by Crippen LogP contribution is 2.20. The standard InChI is InChI=1S/C22H21ClFN3O3/c1-2-30-16-8-6-15(7-9-16)20-13-22(29)27(14-26-20)11-10-25-21(28)12-17-18(23)4-3-5-19(17)24/h3-9,13-14H,2,10-12H2,1H3,(H,25,28). The first-order valence-corrected chi connectivity index (χ1v) is 9.85. The van der Waals surface area contributed by atoms with Crippen molar-refractivity contribution in [3.63, 3.8) is 0 Å². The molecule has 2 aromatic carbocycles. The van der Waals surface area contributed by atoms with Crippen LogP contribution in [0.3, 0.4) is 0 Å². The van der Waals surface area contributed by atoms with Crippen LogP contribution >= 0.6 is 11.6 Å². The Bertz CT molecular complexity index is 1060. The molecule has 0 unspecified atom stereocenters. The third-order valence-electron chi connectivity index (χ3n) is 4.41. The van der Waals surface area contributed by atoms with Crippen LogP contribution in [0, 0.1) is 5.82 Å². The second kappa shape index (κ2) is 10.0. The summed E-state index contributed by atoms with van der Waals surface area (Å²) in [7, 11) is 0. The number of ether oxygens (including phenoxy) is 1. The van der Waals surface area contributed by atoms with Crippen LogP contribution in [0.1, 0.15) is 12.5 Å². The molecule has 6 nitrogen and oxygen atoms in total. The number of hydrogen-bond acceptors (Lipinski definition) is 4. The summed E-state index contributed by atoms with van der Waals surface area (Å²) in [6.45, 7) is 2.94. The molecule has 0 spiro atoms. The van der Waals surface area contributed by atoms with Crippen LogP contribution in [0.25, 0.3) is 11.3 Å². The Kier molecular flexibility index (Phi) is 7.19. The fourth-order valence-electron chi connectivity index (χ4n) is 2.88. The highest BCUT2D eigenvalue weighted by Gasteiger charge is 2.11. The van der Waals surface area contributed by atoms with Gasteiger partial charge in [0, 0.05) is 35.3 Å². The molecule has 0 aliphatic rings. The first-order chi connectivity index (χ1) is 14.5. The van der Waals surface area contributed by atoms with Crippen LogP contribution in [0.15, 0.2) is 59.7 Å². The summed E-state index contributed by atoms with van der Waals surface area (Å²) in [4.78, 5) is 28.7. The number of hydrogen-bond donors (Lipinski definition) is 1. The van der Waals surface area contributed by atoms with E-state index >= 15 is 0 Å². The molecule has 1 N–H and O–H groups in total. The minimum absolute atomic E-state index is 0.148. The van der Waals surface area contributed by atoms with Gasteiger partial charge in [0.25, 0.3) is 5.56 Å². The molecule has 0 saturated heterocycles. The number of aromatic nitrogens is 2. The maximum absolute atomic E-state index is 13.8. The van der Waals surface area contributed by atoms with Crippen molar-refractivity contribution in [2.75, 3.05) is 13.2 Å². The lowest BCUT2D eigenvalue weighted by molar-refractivity contribution is -0.120. The SMILES string of the molecule is CCOc1ccc(-c2cc(=O)n(CCNC(=O)Cc3c(F)cccc3Cl)cn2)cc1. The van der Waals surface area contributed by atoms with Gasteiger partial charge in [-0.05, 0) is 43.3 Å². The third-order valence-corrected chi connectivity index (χ3v) is 4.77. The Morgan fingerprint density at radius 3 is 2.67 bits per heavy atom. The minimum atomic E-state index is -0.525. The largest absolute Gasteiger partial charge is 0.494 e. The Balaban J connectivity index is 1.57. The predicted octanol–water partition coefficient (Wildman–Crippen LogP) is 3.46. The Hall–Kier alpha value is -3.19. The average Bonchev–Trinajstić information content (AvgIpc) is 2.73. The van der Waals surface area contributed by atoms with Crippen LogP contribution in [0.4, 0.5) is 4.39 Å². The maximum atomic E-state index is 13.8. The van der Waals surface area contributed by atoms with Gasteiger partial charge in [0.2, 0.25) is 5.91 Å². The van der Waals surface area contributed by atoms with Crippen LogP contribution in [0.2, 0.25) is 5.02 Å². The lowest BCUT2D eigenvalue weighted by atomic mass is 10.1. The fourth-order valence-corrected chi connectivity index (χ4v) is 3.11. The highest BCUT2D eigenvalue weighted by atomic mass is 35.5. The number of nitrogens with zero attached hydrogens (tertiary/aromatic N) is 2. The summed E-state index contributed by atoms with van der Waals surface area (Å²) in [6.07, 6.45) is 1.27. The number of benzene rings is 2. The van der Waals surface area contributed by atoms with Crippen molar-refractivity contribution in [1.82, 2.24) is 14.9 Å². The zero-order valence-electron chi connectivity index (χ0n) is 16.4. The van der Waals surface area contributed by atoms with E-state index < -0.39 is 5.82 Å². The van der Waals surface area contributed by atoms with Gasteiger partial charge in [-0.3, -0.25) is 14.2 Å². The van der Waals surface area contributed by atoms with Crippen molar-refractivity contribution in [2.45, 2.75) is 19.9 Å². The van der Waals surface area contributed by atoms with Gasteiger partial charge in [-0.25, -0.2) is 9.37 Å². The zero-order chi connectivity index (χ0) is 21.5. The van der Waals surface area contributed by atoms with E-state index in [2.05, 4.69) is 10.3 Å². The van der Waals surface area contributed by atoms with Gasteiger partial charge < -0.3 is 10.1 Å². The van der Waals surface area contributed by atoms with E-state index in [0.717, 1.165) is 11.3 Å². The molecule has 0 saturated carbocycles. The molecule has 0 aliphatic heterocycles. The van der Waals surface area contributed by atoms with Gasteiger partial charge in [-0.1, -0.05) is 17.7 Å². The summed E-state index contributed by atoms with van der Waals surface area (Å²) in [6, 6.07) is 13.0. The lowest BCUT2D eigenvalue weighted by Gasteiger charge is -2.10. The van der Waals surface area contributed by atoms with Crippen LogP contribution in [-0.4, -0.2) is 28.6 Å². The smallest absolute Gasteiger partial charge is 0.253 e. The fraction of sp³-hybridized carbons (Fsp3) is 0.227. The summed E-state index contributed by atoms with van der Waals surface area (Å²) >= 11 is 5.93. The molecular formula is C22H21ClFN3O3. The molecule has 0 fully saturated rings. The molecule has 30 heavy (non-hydrogen) atoms. The first-order valence-electron chi connectivity index (χ1n) is 9.47. The maximum Gasteiger partial charge on any atom is 0.253 e. The van der Waals surface area contributed by atoms with Gasteiger partial charge >= 0.3 is 0 Å². The molecule has 1 aromatic heterocycles. The van der Waals surface area contributed by atoms with Crippen LogP contribution in [0.5, 0.6) is 5.75 Å². The highest BCUT2D eigenvalue weighted by molar-refractivity contribution is 6.31. The van der Waals surface area contributed by atoms with Crippen molar-refractivity contribution in [2.24, 2.45) is 0 Å². The molecule has 0 aliphatic carbocycles. The molecule has 3 rings (SSSR count). The van der Waals surface area contributed by atoms with E-state index in [0.29, 0.717) is 12.3 Å². The average molecular weight is 430 g/mol. The van der Waals surface area contributed by atoms with Crippen molar-refractivity contribution in [1.29, 1.82) is 0 Å². The monoisotopic (exact) mass is 429 g/mol. The van der Waals surface area contributed by atoms with Gasteiger partial charge in [0.1, 0.15) is 11.6 Å². The predicted molar refractivity (Wildman–Crippen MR) is 113 cm³/mol. The van der Waals surface area contributed by atoms with Gasteiger partial charge in [-0.15, -0.1) is 0 Å². The van der Waals surface area contributed by atoms with Crippen molar-refractivity contribution < 1.29 is 13.9 Å². The van der Waals surface area contributed by atoms with Crippen LogP contribution in [-0.2, 0) is 17.8 Å². The number of carbonyl (C=O) groups excluding carboxylic acids is 1. The quantitative estimate of drug-likeness (QED) is 0.595. The minimum Gasteiger partial charge on any atom is -0.494 e. The Morgan fingerprint density at radius 1 is 1.23 bits per heavy atom. The molecule has 0 bridgehead atoms. The Morgan fingerprint density at radius 2 is 2.00 bits per heavy atom. The normalized spacial score (nSPS) is 10.6. The van der Waals surface area contributed by atoms with E-state index in [1.807, 2.05) is 31.2 Å². The summed E-state index contributed by atoms with van der Waals surface area (Å²) in [5.41, 5.74) is 1.27. The van der Waals surface area contributed by atoms with Gasteiger partial charge in [-0.2, -0.15) is 0 Å². The molecule has 156 valence electrons. The zero-order valence-corrected chi connectivity index (χ0v) is 17.2. The number of halogens is 2. The lowest BCUT2D eigenvalue weighted by Crippen LogP contribution is -2.32. The number of carbonyl (C=O) groups is 1. The molecule has 1 amide bonds. The van der Waals surface area contributed by atoms with Crippen LogP contribution < -0.4 is 15.6 Å². The van der Waals surface area contributed by atoms with E-state index in [9.17, 15) is 14.0 Å². The van der Waals surface area contributed by atoms with E-state index in [-0.39, 0.29) is 41.6 Å². The second-order valence-corrected chi connectivity index (χ2v) is 6.90. The van der Waals surface area contributed by atoms with Crippen molar-refractivity contribution in [3.8, 4) is 17.0 Å². The Labute approximate surface area is 178 Å². The van der Waals surface area contributed by atoms with Gasteiger partial charge in [0.05, 0.1) is 25.0 Å². The third kappa shape index (κ3) is 5.45.